The summed E-state index contributed by atoms with van der Waals surface area (Å²) in [7, 11) is 0. The van der Waals surface area contributed by atoms with Crippen molar-refractivity contribution in [2.45, 2.75) is 6.42 Å². The molecule has 0 saturated heterocycles. The van der Waals surface area contributed by atoms with Crippen LogP contribution in [-0.4, -0.2) is 16.2 Å². The topological polar surface area (TPSA) is 57.5 Å². The Balaban J connectivity index is 2.66. The van der Waals surface area contributed by atoms with E-state index < -0.39 is 5.97 Å². The van der Waals surface area contributed by atoms with Gasteiger partial charge in [-0.05, 0) is 17.7 Å². The molecule has 0 spiro atoms. The van der Waals surface area contributed by atoms with Crippen molar-refractivity contribution in [3.8, 4) is 17.6 Å². The molecule has 0 heterocycles. The highest BCUT2D eigenvalue weighted by atomic mass is 16.4. The summed E-state index contributed by atoms with van der Waals surface area (Å²) in [6, 6.07) is 6.56. The summed E-state index contributed by atoms with van der Waals surface area (Å²) in [6.07, 6.45) is 0.334. The Hall–Kier alpha value is -1.95. The smallest absolute Gasteiger partial charge is 0.381 e. The van der Waals surface area contributed by atoms with Gasteiger partial charge in [0.1, 0.15) is 5.75 Å². The van der Waals surface area contributed by atoms with Gasteiger partial charge in [0.15, 0.2) is 0 Å². The van der Waals surface area contributed by atoms with Gasteiger partial charge in [0.05, 0.1) is 0 Å². The molecule has 3 nitrogen and oxygen atoms in total. The van der Waals surface area contributed by atoms with Crippen molar-refractivity contribution in [2.24, 2.45) is 0 Å². The molecule has 0 aliphatic rings. The van der Waals surface area contributed by atoms with E-state index in [1.165, 1.54) is 0 Å². The highest BCUT2D eigenvalue weighted by molar-refractivity contribution is 5.86. The van der Waals surface area contributed by atoms with Crippen LogP contribution in [0.5, 0.6) is 5.75 Å². The molecule has 1 rings (SSSR count). The van der Waals surface area contributed by atoms with Crippen molar-refractivity contribution < 1.29 is 15.0 Å². The van der Waals surface area contributed by atoms with E-state index in [1.807, 2.05) is 5.92 Å². The minimum atomic E-state index is -1.14. The molecule has 0 radical (unpaired) electrons. The van der Waals surface area contributed by atoms with Crippen molar-refractivity contribution in [1.29, 1.82) is 0 Å². The van der Waals surface area contributed by atoms with Crippen molar-refractivity contribution in [3.05, 3.63) is 29.8 Å². The summed E-state index contributed by atoms with van der Waals surface area (Å²) in [5.41, 5.74) is 0.800. The molecule has 2 N–H and O–H groups in total. The number of rotatable bonds is 1. The first-order chi connectivity index (χ1) is 6.18. The van der Waals surface area contributed by atoms with E-state index in [9.17, 15) is 4.79 Å². The van der Waals surface area contributed by atoms with Crippen LogP contribution in [-0.2, 0) is 11.2 Å². The molecule has 1 aromatic carbocycles. The SMILES string of the molecule is O=C(O)C#CCc1cccc(O)c1. The molecule has 0 aliphatic carbocycles. The molecule has 0 aliphatic heterocycles. The van der Waals surface area contributed by atoms with Crippen LogP contribution >= 0.6 is 0 Å². The fourth-order valence-corrected chi connectivity index (χ4v) is 0.888. The van der Waals surface area contributed by atoms with Gasteiger partial charge in [-0.2, -0.15) is 0 Å². The Kier molecular flexibility index (Phi) is 2.93. The van der Waals surface area contributed by atoms with E-state index in [1.54, 1.807) is 24.3 Å². The van der Waals surface area contributed by atoms with Gasteiger partial charge in [0, 0.05) is 12.3 Å². The normalized spacial score (nSPS) is 8.62. The minimum absolute atomic E-state index is 0.162. The number of aliphatic carboxylic acids is 1. The lowest BCUT2D eigenvalue weighted by Crippen LogP contribution is -1.88. The van der Waals surface area contributed by atoms with Gasteiger partial charge >= 0.3 is 5.97 Å². The molecule has 66 valence electrons. The average Bonchev–Trinajstić information content (AvgIpc) is 2.03. The molecular formula is C10H8O3. The minimum Gasteiger partial charge on any atom is -0.508 e. The van der Waals surface area contributed by atoms with Crippen LogP contribution in [0.1, 0.15) is 5.56 Å². The molecule has 0 aromatic heterocycles. The standard InChI is InChI=1S/C10H8O3/c11-9-5-1-3-8(7-9)4-2-6-10(12)13/h1,3,5,7,11H,4H2,(H,12,13). The molecule has 0 fully saturated rings. The lowest BCUT2D eigenvalue weighted by molar-refractivity contribution is -0.130. The van der Waals surface area contributed by atoms with Crippen molar-refractivity contribution >= 4 is 5.97 Å². The lowest BCUT2D eigenvalue weighted by Gasteiger charge is -1.94. The molecule has 13 heavy (non-hydrogen) atoms. The maximum Gasteiger partial charge on any atom is 0.381 e. The first-order valence-electron chi connectivity index (χ1n) is 3.68. The Morgan fingerprint density at radius 3 is 2.85 bits per heavy atom. The summed E-state index contributed by atoms with van der Waals surface area (Å²) >= 11 is 0. The van der Waals surface area contributed by atoms with Crippen molar-refractivity contribution in [1.82, 2.24) is 0 Å². The van der Waals surface area contributed by atoms with Gasteiger partial charge in [0.2, 0.25) is 0 Å². The zero-order valence-corrected chi connectivity index (χ0v) is 6.82. The third-order valence-electron chi connectivity index (χ3n) is 1.40. The quantitative estimate of drug-likeness (QED) is 0.628. The predicted molar refractivity (Wildman–Crippen MR) is 47.2 cm³/mol. The number of carboxylic acids is 1. The zero-order chi connectivity index (χ0) is 9.68. The second kappa shape index (κ2) is 4.17. The predicted octanol–water partition coefficient (Wildman–Crippen LogP) is 1.02. The van der Waals surface area contributed by atoms with Crippen molar-refractivity contribution in [3.63, 3.8) is 0 Å². The molecular weight excluding hydrogens is 168 g/mol. The largest absolute Gasteiger partial charge is 0.508 e. The van der Waals surface area contributed by atoms with Crippen LogP contribution in [0.3, 0.4) is 0 Å². The number of phenolic OH excluding ortho intramolecular Hbond substituents is 1. The Morgan fingerprint density at radius 1 is 1.46 bits per heavy atom. The number of hydrogen-bond acceptors (Lipinski definition) is 2. The lowest BCUT2D eigenvalue weighted by atomic mass is 10.1. The number of carbonyl (C=O) groups is 1. The Morgan fingerprint density at radius 2 is 2.23 bits per heavy atom. The van der Waals surface area contributed by atoms with E-state index in [4.69, 9.17) is 10.2 Å². The van der Waals surface area contributed by atoms with Crippen LogP contribution in [0.2, 0.25) is 0 Å². The van der Waals surface area contributed by atoms with E-state index >= 15 is 0 Å². The van der Waals surface area contributed by atoms with Crippen LogP contribution < -0.4 is 0 Å². The zero-order valence-electron chi connectivity index (χ0n) is 6.82. The molecule has 0 saturated carbocycles. The first kappa shape index (κ1) is 9.14. The number of phenols is 1. The van der Waals surface area contributed by atoms with Gasteiger partial charge in [-0.1, -0.05) is 18.1 Å². The second-order valence-electron chi connectivity index (χ2n) is 2.45. The molecule has 0 unspecified atom stereocenters. The van der Waals surface area contributed by atoms with Gasteiger partial charge in [-0.15, -0.1) is 0 Å². The summed E-state index contributed by atoms with van der Waals surface area (Å²) < 4.78 is 0. The van der Waals surface area contributed by atoms with Gasteiger partial charge in [0.25, 0.3) is 0 Å². The molecule has 0 atom stereocenters. The number of hydrogen-bond donors (Lipinski definition) is 2. The van der Waals surface area contributed by atoms with Crippen LogP contribution in [0.25, 0.3) is 0 Å². The maximum atomic E-state index is 10.0. The first-order valence-corrected chi connectivity index (χ1v) is 3.68. The van der Waals surface area contributed by atoms with E-state index in [-0.39, 0.29) is 5.75 Å². The van der Waals surface area contributed by atoms with Gasteiger partial charge in [-0.25, -0.2) is 4.79 Å². The summed E-state index contributed by atoms with van der Waals surface area (Å²) in [5.74, 6) is 3.49. The second-order valence-corrected chi connectivity index (χ2v) is 2.45. The Labute approximate surface area is 75.6 Å². The monoisotopic (exact) mass is 176 g/mol. The fraction of sp³-hybridized carbons (Fsp3) is 0.100. The highest BCUT2D eigenvalue weighted by Gasteiger charge is 1.91. The number of aromatic hydroxyl groups is 1. The number of benzene rings is 1. The highest BCUT2D eigenvalue weighted by Crippen LogP contribution is 2.10. The third kappa shape index (κ3) is 3.30. The van der Waals surface area contributed by atoms with E-state index in [0.717, 1.165) is 5.56 Å². The van der Waals surface area contributed by atoms with E-state index in [0.29, 0.717) is 6.42 Å². The number of carboxylic acid groups (broad SMARTS) is 1. The van der Waals surface area contributed by atoms with Crippen LogP contribution in [0.15, 0.2) is 24.3 Å². The van der Waals surface area contributed by atoms with Crippen molar-refractivity contribution in [2.75, 3.05) is 0 Å². The average molecular weight is 176 g/mol. The van der Waals surface area contributed by atoms with Crippen LogP contribution in [0.4, 0.5) is 0 Å². The van der Waals surface area contributed by atoms with E-state index in [2.05, 4.69) is 5.92 Å². The molecule has 0 bridgehead atoms. The summed E-state index contributed by atoms with van der Waals surface area (Å²) in [6.45, 7) is 0. The van der Waals surface area contributed by atoms with Gasteiger partial charge < -0.3 is 10.2 Å². The summed E-state index contributed by atoms with van der Waals surface area (Å²) in [4.78, 5) is 10.0. The molecule has 0 amide bonds. The Bertz CT molecular complexity index is 371. The fourth-order valence-electron chi connectivity index (χ4n) is 0.888. The molecule has 3 heteroatoms. The third-order valence-corrected chi connectivity index (χ3v) is 1.40. The molecule has 1 aromatic rings. The van der Waals surface area contributed by atoms with Crippen LogP contribution in [0, 0.1) is 11.8 Å². The summed E-state index contributed by atoms with van der Waals surface area (Å²) in [5, 5.41) is 17.3. The maximum absolute atomic E-state index is 10.0. The van der Waals surface area contributed by atoms with Gasteiger partial charge in [-0.3, -0.25) is 0 Å².